The Hall–Kier alpha value is -2.11. The van der Waals surface area contributed by atoms with E-state index in [2.05, 4.69) is 10.3 Å². The smallest absolute Gasteiger partial charge is 0.310 e. The minimum Gasteiger partial charge on any atom is -0.481 e. The predicted octanol–water partition coefficient (Wildman–Crippen LogP) is 3.05. The Morgan fingerprint density at radius 3 is 2.64 bits per heavy atom. The summed E-state index contributed by atoms with van der Waals surface area (Å²) in [6.07, 6.45) is 9.85. The Morgan fingerprint density at radius 2 is 2.00 bits per heavy atom. The minimum absolute atomic E-state index is 0.0544. The molecule has 0 spiro atoms. The first-order chi connectivity index (χ1) is 12.1. The van der Waals surface area contributed by atoms with Crippen molar-refractivity contribution >= 4 is 11.9 Å². The Labute approximate surface area is 148 Å². The normalized spacial score (nSPS) is 19.7. The Kier molecular flexibility index (Phi) is 5.56. The van der Waals surface area contributed by atoms with E-state index in [-0.39, 0.29) is 18.4 Å². The number of ether oxygens (including phenoxy) is 1. The molecule has 0 atom stereocenters. The third kappa shape index (κ3) is 4.50. The van der Waals surface area contributed by atoms with Crippen molar-refractivity contribution < 1.29 is 19.4 Å². The van der Waals surface area contributed by atoms with Crippen LogP contribution < -0.4 is 10.1 Å². The fourth-order valence-electron chi connectivity index (χ4n) is 3.62. The van der Waals surface area contributed by atoms with Crippen molar-refractivity contribution in [2.75, 3.05) is 0 Å². The van der Waals surface area contributed by atoms with Crippen LogP contribution >= 0.6 is 0 Å². The summed E-state index contributed by atoms with van der Waals surface area (Å²) in [6, 6.07) is 3.69. The van der Waals surface area contributed by atoms with Gasteiger partial charge in [0.25, 0.3) is 0 Å². The number of aliphatic carboxylic acids is 1. The van der Waals surface area contributed by atoms with Gasteiger partial charge in [-0.05, 0) is 50.2 Å². The lowest BCUT2D eigenvalue weighted by atomic mass is 9.66. The summed E-state index contributed by atoms with van der Waals surface area (Å²) in [6.45, 7) is 0.359. The van der Waals surface area contributed by atoms with Crippen molar-refractivity contribution in [2.45, 2.75) is 70.4 Å². The first kappa shape index (κ1) is 17.7. The summed E-state index contributed by atoms with van der Waals surface area (Å²) in [5, 5.41) is 12.1. The molecule has 2 fully saturated rings. The number of carboxylic acids is 1. The quantitative estimate of drug-likeness (QED) is 0.792. The second kappa shape index (κ2) is 7.85. The average molecular weight is 346 g/mol. The zero-order valence-electron chi connectivity index (χ0n) is 14.5. The summed E-state index contributed by atoms with van der Waals surface area (Å²) >= 11 is 0. The van der Waals surface area contributed by atoms with E-state index in [0.29, 0.717) is 25.3 Å². The lowest BCUT2D eigenvalue weighted by Gasteiger charge is -2.36. The van der Waals surface area contributed by atoms with E-state index >= 15 is 0 Å². The van der Waals surface area contributed by atoms with Crippen LogP contribution in [-0.4, -0.2) is 28.1 Å². The molecule has 0 bridgehead atoms. The first-order valence-electron chi connectivity index (χ1n) is 9.19. The maximum atomic E-state index is 12.1. The molecular formula is C19H26N2O4. The van der Waals surface area contributed by atoms with Gasteiger partial charge in [0.2, 0.25) is 11.8 Å². The maximum absolute atomic E-state index is 12.1. The summed E-state index contributed by atoms with van der Waals surface area (Å²) in [5.41, 5.74) is 0.0598. The Morgan fingerprint density at radius 1 is 1.24 bits per heavy atom. The van der Waals surface area contributed by atoms with Gasteiger partial charge in [-0.25, -0.2) is 4.98 Å². The Bertz CT molecular complexity index is 622. The van der Waals surface area contributed by atoms with Crippen LogP contribution in [0.15, 0.2) is 18.3 Å². The minimum atomic E-state index is -0.860. The van der Waals surface area contributed by atoms with E-state index in [0.717, 1.165) is 24.8 Å². The van der Waals surface area contributed by atoms with Gasteiger partial charge >= 0.3 is 5.97 Å². The van der Waals surface area contributed by atoms with Gasteiger partial charge in [-0.15, -0.1) is 0 Å². The fourth-order valence-corrected chi connectivity index (χ4v) is 3.62. The molecule has 2 aliphatic carbocycles. The van der Waals surface area contributed by atoms with Crippen LogP contribution in [-0.2, 0) is 16.1 Å². The van der Waals surface area contributed by atoms with Gasteiger partial charge in [0.05, 0.1) is 5.41 Å². The largest absolute Gasteiger partial charge is 0.481 e. The first-order valence-corrected chi connectivity index (χ1v) is 9.19. The Balaban J connectivity index is 1.50. The topological polar surface area (TPSA) is 88.5 Å². The third-order valence-electron chi connectivity index (χ3n) is 5.39. The van der Waals surface area contributed by atoms with E-state index in [1.54, 1.807) is 6.20 Å². The average Bonchev–Trinajstić information content (AvgIpc) is 2.57. The lowest BCUT2D eigenvalue weighted by molar-refractivity contribution is -0.157. The molecule has 2 N–H and O–H groups in total. The standard InChI is InChI=1S/C19H26N2O4/c22-16(12-19(18(23)24)8-4-9-19)21-13-14-7-10-20-17(11-14)25-15-5-2-1-3-6-15/h7,10-11,15H,1-6,8-9,12-13H2,(H,21,22)(H,23,24). The number of carbonyl (C=O) groups excluding carboxylic acids is 1. The third-order valence-corrected chi connectivity index (χ3v) is 5.39. The summed E-state index contributed by atoms with van der Waals surface area (Å²) in [4.78, 5) is 27.7. The number of pyridine rings is 1. The van der Waals surface area contributed by atoms with Crippen LogP contribution in [0.5, 0.6) is 5.88 Å². The van der Waals surface area contributed by atoms with Crippen LogP contribution in [0, 0.1) is 5.41 Å². The molecule has 6 nitrogen and oxygen atoms in total. The molecule has 1 aromatic rings. The van der Waals surface area contributed by atoms with Crippen LogP contribution in [0.4, 0.5) is 0 Å². The van der Waals surface area contributed by atoms with Crippen molar-refractivity contribution in [3.8, 4) is 5.88 Å². The van der Waals surface area contributed by atoms with Crippen molar-refractivity contribution in [2.24, 2.45) is 5.41 Å². The van der Waals surface area contributed by atoms with Gasteiger partial charge in [0.1, 0.15) is 6.10 Å². The summed E-state index contributed by atoms with van der Waals surface area (Å²) in [5.74, 6) is -0.478. The number of hydrogen-bond donors (Lipinski definition) is 2. The fraction of sp³-hybridized carbons (Fsp3) is 0.632. The molecule has 0 aliphatic heterocycles. The van der Waals surface area contributed by atoms with Crippen LogP contribution in [0.25, 0.3) is 0 Å². The highest BCUT2D eigenvalue weighted by Crippen LogP contribution is 2.44. The van der Waals surface area contributed by atoms with Gasteiger partial charge in [-0.2, -0.15) is 0 Å². The SMILES string of the molecule is O=C(CC1(C(=O)O)CCC1)NCc1ccnc(OC2CCCCC2)c1. The molecule has 2 saturated carbocycles. The molecule has 0 radical (unpaired) electrons. The van der Waals surface area contributed by atoms with E-state index in [1.807, 2.05) is 12.1 Å². The molecular weight excluding hydrogens is 320 g/mol. The number of carboxylic acid groups (broad SMARTS) is 1. The number of nitrogens with zero attached hydrogens (tertiary/aromatic N) is 1. The molecule has 1 amide bonds. The predicted molar refractivity (Wildman–Crippen MR) is 92.1 cm³/mol. The second-order valence-electron chi connectivity index (χ2n) is 7.27. The zero-order valence-corrected chi connectivity index (χ0v) is 14.5. The molecule has 1 heterocycles. The van der Waals surface area contributed by atoms with E-state index in [9.17, 15) is 14.7 Å². The number of nitrogens with one attached hydrogen (secondary N) is 1. The van der Waals surface area contributed by atoms with E-state index < -0.39 is 11.4 Å². The van der Waals surface area contributed by atoms with Crippen molar-refractivity contribution in [3.63, 3.8) is 0 Å². The van der Waals surface area contributed by atoms with Crippen molar-refractivity contribution in [3.05, 3.63) is 23.9 Å². The van der Waals surface area contributed by atoms with Crippen LogP contribution in [0.3, 0.4) is 0 Å². The lowest BCUT2D eigenvalue weighted by Crippen LogP contribution is -2.42. The second-order valence-corrected chi connectivity index (χ2v) is 7.27. The number of carbonyl (C=O) groups is 2. The van der Waals surface area contributed by atoms with Gasteiger partial charge in [0.15, 0.2) is 0 Å². The van der Waals surface area contributed by atoms with Gasteiger partial charge in [-0.1, -0.05) is 12.8 Å². The number of amides is 1. The highest BCUT2D eigenvalue weighted by Gasteiger charge is 2.45. The molecule has 3 rings (SSSR count). The van der Waals surface area contributed by atoms with Crippen molar-refractivity contribution in [1.82, 2.24) is 10.3 Å². The highest BCUT2D eigenvalue weighted by molar-refractivity contribution is 5.85. The van der Waals surface area contributed by atoms with E-state index in [1.165, 1.54) is 19.3 Å². The molecule has 25 heavy (non-hydrogen) atoms. The maximum Gasteiger partial charge on any atom is 0.310 e. The molecule has 2 aliphatic rings. The zero-order chi connectivity index (χ0) is 17.7. The number of rotatable bonds is 7. The van der Waals surface area contributed by atoms with Gasteiger partial charge in [0, 0.05) is 25.2 Å². The van der Waals surface area contributed by atoms with Gasteiger partial charge in [-0.3, -0.25) is 9.59 Å². The molecule has 1 aromatic heterocycles. The van der Waals surface area contributed by atoms with Crippen LogP contribution in [0.1, 0.15) is 63.4 Å². The molecule has 0 unspecified atom stereocenters. The molecule has 0 aromatic carbocycles. The van der Waals surface area contributed by atoms with Gasteiger partial charge < -0.3 is 15.2 Å². The van der Waals surface area contributed by atoms with Crippen molar-refractivity contribution in [1.29, 1.82) is 0 Å². The molecule has 136 valence electrons. The van der Waals surface area contributed by atoms with E-state index in [4.69, 9.17) is 4.74 Å². The summed E-state index contributed by atoms with van der Waals surface area (Å²) in [7, 11) is 0. The highest BCUT2D eigenvalue weighted by atomic mass is 16.5. The molecule has 6 heteroatoms. The summed E-state index contributed by atoms with van der Waals surface area (Å²) < 4.78 is 5.94. The number of aromatic nitrogens is 1. The molecule has 0 saturated heterocycles. The monoisotopic (exact) mass is 346 g/mol. The van der Waals surface area contributed by atoms with Crippen LogP contribution in [0.2, 0.25) is 0 Å². The number of hydrogen-bond acceptors (Lipinski definition) is 4.